The molecule has 0 spiro atoms. The summed E-state index contributed by atoms with van der Waals surface area (Å²) < 4.78 is 32.5. The normalized spacial score (nSPS) is 12.3. The number of aryl methyl sites for hydroxylation is 1. The standard InChI is InChI=1S/C15H13BrF2O2/c1-8-3-4-12(17)9(5-8)15(19)10-6-11(16)13(18)7-14(10)20-2/h3-7,15,19H,1-2H3. The Hall–Kier alpha value is -1.46. The van der Waals surface area contributed by atoms with Gasteiger partial charge in [-0.15, -0.1) is 0 Å². The fourth-order valence-corrected chi connectivity index (χ4v) is 2.34. The maximum Gasteiger partial charge on any atom is 0.141 e. The van der Waals surface area contributed by atoms with Gasteiger partial charge in [0.2, 0.25) is 0 Å². The second kappa shape index (κ2) is 5.89. The number of ether oxygens (including phenoxy) is 1. The summed E-state index contributed by atoms with van der Waals surface area (Å²) in [5, 5.41) is 10.4. The van der Waals surface area contributed by atoms with Gasteiger partial charge in [-0.25, -0.2) is 8.78 Å². The molecule has 1 atom stereocenters. The van der Waals surface area contributed by atoms with Crippen LogP contribution < -0.4 is 4.74 Å². The van der Waals surface area contributed by atoms with E-state index in [1.807, 2.05) is 0 Å². The van der Waals surface area contributed by atoms with Gasteiger partial charge in [-0.3, -0.25) is 0 Å². The number of methoxy groups -OCH3 is 1. The van der Waals surface area contributed by atoms with Gasteiger partial charge in [-0.1, -0.05) is 17.7 Å². The molecule has 0 bridgehead atoms. The van der Waals surface area contributed by atoms with Gasteiger partial charge in [-0.2, -0.15) is 0 Å². The summed E-state index contributed by atoms with van der Waals surface area (Å²) in [6, 6.07) is 7.00. The zero-order chi connectivity index (χ0) is 14.9. The highest BCUT2D eigenvalue weighted by Gasteiger charge is 2.21. The topological polar surface area (TPSA) is 29.5 Å². The van der Waals surface area contributed by atoms with Crippen molar-refractivity contribution in [2.45, 2.75) is 13.0 Å². The highest BCUT2D eigenvalue weighted by molar-refractivity contribution is 9.10. The molecule has 2 rings (SSSR count). The molecule has 1 N–H and O–H groups in total. The van der Waals surface area contributed by atoms with Crippen molar-refractivity contribution in [3.05, 3.63) is 63.1 Å². The highest BCUT2D eigenvalue weighted by atomic mass is 79.9. The minimum atomic E-state index is -1.23. The monoisotopic (exact) mass is 342 g/mol. The summed E-state index contributed by atoms with van der Waals surface area (Å²) in [5.74, 6) is -0.868. The highest BCUT2D eigenvalue weighted by Crippen LogP contribution is 2.35. The Balaban J connectivity index is 2.55. The summed E-state index contributed by atoms with van der Waals surface area (Å²) in [4.78, 5) is 0. The van der Waals surface area contributed by atoms with E-state index in [9.17, 15) is 13.9 Å². The molecule has 2 aromatic carbocycles. The van der Waals surface area contributed by atoms with Crippen molar-refractivity contribution < 1.29 is 18.6 Å². The number of benzene rings is 2. The summed E-state index contributed by atoms with van der Waals surface area (Å²) in [6.45, 7) is 1.80. The zero-order valence-electron chi connectivity index (χ0n) is 11.0. The molecule has 0 amide bonds. The van der Waals surface area contributed by atoms with Crippen LogP contribution in [-0.2, 0) is 0 Å². The largest absolute Gasteiger partial charge is 0.496 e. The van der Waals surface area contributed by atoms with Gasteiger partial charge < -0.3 is 9.84 Å². The maximum absolute atomic E-state index is 13.8. The van der Waals surface area contributed by atoms with E-state index in [1.54, 1.807) is 19.1 Å². The minimum Gasteiger partial charge on any atom is -0.496 e. The predicted molar refractivity (Wildman–Crippen MR) is 75.9 cm³/mol. The molecule has 0 heterocycles. The van der Waals surface area contributed by atoms with E-state index in [2.05, 4.69) is 15.9 Å². The number of aliphatic hydroxyl groups is 1. The van der Waals surface area contributed by atoms with Crippen LogP contribution in [0.25, 0.3) is 0 Å². The van der Waals surface area contributed by atoms with Gasteiger partial charge >= 0.3 is 0 Å². The molecule has 5 heteroatoms. The lowest BCUT2D eigenvalue weighted by atomic mass is 9.98. The van der Waals surface area contributed by atoms with E-state index >= 15 is 0 Å². The second-order valence-electron chi connectivity index (χ2n) is 4.44. The van der Waals surface area contributed by atoms with Crippen LogP contribution in [0.3, 0.4) is 0 Å². The Kier molecular flexibility index (Phi) is 4.40. The van der Waals surface area contributed by atoms with Crippen molar-refractivity contribution in [3.8, 4) is 5.75 Å². The van der Waals surface area contributed by atoms with Crippen LogP contribution in [0, 0.1) is 18.6 Å². The fraction of sp³-hybridized carbons (Fsp3) is 0.200. The van der Waals surface area contributed by atoms with Crippen LogP contribution in [0.4, 0.5) is 8.78 Å². The van der Waals surface area contributed by atoms with E-state index in [-0.39, 0.29) is 15.8 Å². The molecule has 2 nitrogen and oxygen atoms in total. The van der Waals surface area contributed by atoms with Gasteiger partial charge in [0.1, 0.15) is 23.5 Å². The van der Waals surface area contributed by atoms with E-state index in [0.29, 0.717) is 5.56 Å². The lowest BCUT2D eigenvalue weighted by molar-refractivity contribution is 0.209. The van der Waals surface area contributed by atoms with E-state index in [0.717, 1.165) is 11.6 Å². The molecule has 2 aromatic rings. The van der Waals surface area contributed by atoms with Gasteiger partial charge in [0.05, 0.1) is 11.6 Å². The fourth-order valence-electron chi connectivity index (χ4n) is 1.97. The summed E-state index contributed by atoms with van der Waals surface area (Å²) >= 11 is 3.05. The molecule has 0 aliphatic rings. The van der Waals surface area contributed by atoms with Crippen molar-refractivity contribution in [1.82, 2.24) is 0 Å². The number of aliphatic hydroxyl groups excluding tert-OH is 1. The summed E-state index contributed by atoms with van der Waals surface area (Å²) in [5.41, 5.74) is 1.24. The quantitative estimate of drug-likeness (QED) is 0.908. The van der Waals surface area contributed by atoms with Crippen LogP contribution in [0.2, 0.25) is 0 Å². The van der Waals surface area contributed by atoms with Crippen LogP contribution in [-0.4, -0.2) is 12.2 Å². The Morgan fingerprint density at radius 3 is 2.45 bits per heavy atom. The molecule has 0 radical (unpaired) electrons. The maximum atomic E-state index is 13.8. The SMILES string of the molecule is COc1cc(F)c(Br)cc1C(O)c1cc(C)ccc1F. The number of hydrogen-bond donors (Lipinski definition) is 1. The molecule has 0 aliphatic heterocycles. The van der Waals surface area contributed by atoms with Crippen molar-refractivity contribution in [1.29, 1.82) is 0 Å². The molecule has 1 unspecified atom stereocenters. The predicted octanol–water partition coefficient (Wildman–Crippen LogP) is 4.13. The van der Waals surface area contributed by atoms with E-state index in [4.69, 9.17) is 4.74 Å². The lowest BCUT2D eigenvalue weighted by Gasteiger charge is -2.17. The summed E-state index contributed by atoms with van der Waals surface area (Å²) in [6.07, 6.45) is -1.23. The molecule has 20 heavy (non-hydrogen) atoms. The summed E-state index contributed by atoms with van der Waals surface area (Å²) in [7, 11) is 1.37. The van der Waals surface area contributed by atoms with Crippen molar-refractivity contribution in [2.75, 3.05) is 7.11 Å². The molecule has 0 saturated heterocycles. The minimum absolute atomic E-state index is 0.127. The van der Waals surface area contributed by atoms with Crippen LogP contribution in [0.5, 0.6) is 5.75 Å². The van der Waals surface area contributed by atoms with Gasteiger partial charge in [0.25, 0.3) is 0 Å². The Morgan fingerprint density at radius 2 is 1.80 bits per heavy atom. The first-order chi connectivity index (χ1) is 9.43. The molecule has 0 aromatic heterocycles. The molecular formula is C15H13BrF2O2. The zero-order valence-corrected chi connectivity index (χ0v) is 12.5. The van der Waals surface area contributed by atoms with Crippen molar-refractivity contribution in [2.24, 2.45) is 0 Å². The number of halogens is 3. The average molecular weight is 343 g/mol. The third kappa shape index (κ3) is 2.83. The number of rotatable bonds is 3. The van der Waals surface area contributed by atoms with Crippen molar-refractivity contribution >= 4 is 15.9 Å². The first-order valence-corrected chi connectivity index (χ1v) is 6.70. The third-order valence-corrected chi connectivity index (χ3v) is 3.62. The molecule has 106 valence electrons. The van der Waals surface area contributed by atoms with Crippen LogP contribution in [0.1, 0.15) is 22.8 Å². The average Bonchev–Trinajstić information content (AvgIpc) is 2.43. The molecule has 0 saturated carbocycles. The number of hydrogen-bond acceptors (Lipinski definition) is 2. The first-order valence-electron chi connectivity index (χ1n) is 5.91. The van der Waals surface area contributed by atoms with Crippen molar-refractivity contribution in [3.63, 3.8) is 0 Å². The Labute approximate surface area is 124 Å². The van der Waals surface area contributed by atoms with E-state index < -0.39 is 17.7 Å². The second-order valence-corrected chi connectivity index (χ2v) is 5.29. The smallest absolute Gasteiger partial charge is 0.141 e. The van der Waals surface area contributed by atoms with Gasteiger partial charge in [0.15, 0.2) is 0 Å². The van der Waals surface area contributed by atoms with Gasteiger partial charge in [0, 0.05) is 17.2 Å². The van der Waals surface area contributed by atoms with Crippen LogP contribution in [0.15, 0.2) is 34.8 Å². The molecule has 0 aliphatic carbocycles. The Bertz CT molecular complexity index is 644. The first kappa shape index (κ1) is 14.9. The third-order valence-electron chi connectivity index (χ3n) is 3.01. The molecular weight excluding hydrogens is 330 g/mol. The van der Waals surface area contributed by atoms with E-state index in [1.165, 1.54) is 19.2 Å². The lowest BCUT2D eigenvalue weighted by Crippen LogP contribution is -2.06. The Morgan fingerprint density at radius 1 is 1.10 bits per heavy atom. The van der Waals surface area contributed by atoms with Gasteiger partial charge in [-0.05, 0) is 35.0 Å². The molecule has 0 fully saturated rings. The van der Waals surface area contributed by atoms with Crippen LogP contribution >= 0.6 is 15.9 Å².